The highest BCUT2D eigenvalue weighted by atomic mass is 35.5. The van der Waals surface area contributed by atoms with Gasteiger partial charge in [-0.3, -0.25) is 0 Å². The Kier molecular flexibility index (Phi) is 7.31. The molecule has 1 saturated heterocycles. The average Bonchev–Trinajstić information content (AvgIpc) is 2.87. The molecule has 0 radical (unpaired) electrons. The van der Waals surface area contributed by atoms with Crippen molar-refractivity contribution in [3.63, 3.8) is 0 Å². The second-order valence-corrected chi connectivity index (χ2v) is 9.36. The first-order chi connectivity index (χ1) is 16.4. The van der Waals surface area contributed by atoms with Gasteiger partial charge in [0.25, 0.3) is 0 Å². The number of hydrogen-bond donors (Lipinski definition) is 2. The molecule has 0 saturated carbocycles. The number of nitrogens with two attached hydrogens (primary N) is 1. The molecule has 6 heteroatoms. The number of nitrogens with one attached hydrogen (secondary N) is 1. The number of aliphatic imine (C=N–C) groups is 1. The number of benzene rings is 3. The lowest BCUT2D eigenvalue weighted by Crippen LogP contribution is -2.40. The van der Waals surface area contributed by atoms with Gasteiger partial charge in [0.05, 0.1) is 28.2 Å². The second-order valence-electron chi connectivity index (χ2n) is 8.96. The Balaban J connectivity index is 1.55. The number of hydrogen-bond acceptors (Lipinski definition) is 3. The molecule has 1 aliphatic heterocycles. The van der Waals surface area contributed by atoms with Crippen molar-refractivity contribution in [2.45, 2.75) is 38.0 Å². The highest BCUT2D eigenvalue weighted by molar-refractivity contribution is 6.31. The van der Waals surface area contributed by atoms with Gasteiger partial charge in [-0.2, -0.15) is 5.26 Å². The molecule has 3 N–H and O–H groups in total. The smallest absolute Gasteiger partial charge is 0.142 e. The van der Waals surface area contributed by atoms with E-state index in [1.54, 1.807) is 6.92 Å². The number of piperidine rings is 1. The summed E-state index contributed by atoms with van der Waals surface area (Å²) in [6.45, 7) is 3.71. The summed E-state index contributed by atoms with van der Waals surface area (Å²) in [6.07, 6.45) is 3.55. The van der Waals surface area contributed by atoms with Crippen molar-refractivity contribution in [1.29, 1.82) is 5.26 Å². The van der Waals surface area contributed by atoms with Crippen LogP contribution in [0, 0.1) is 24.1 Å². The van der Waals surface area contributed by atoms with Crippen LogP contribution in [0.1, 0.15) is 42.4 Å². The third-order valence-electron chi connectivity index (χ3n) is 6.75. The minimum Gasteiger partial charge on any atom is -0.387 e. The highest BCUT2D eigenvalue weighted by Crippen LogP contribution is 2.39. The first-order valence-electron chi connectivity index (χ1n) is 11.5. The van der Waals surface area contributed by atoms with E-state index in [1.165, 1.54) is 17.7 Å². The number of amidine groups is 1. The summed E-state index contributed by atoms with van der Waals surface area (Å²) >= 11 is 5.94. The van der Waals surface area contributed by atoms with Gasteiger partial charge in [0.1, 0.15) is 5.82 Å². The monoisotopic (exact) mass is 474 g/mol. The molecule has 3 aromatic carbocycles. The van der Waals surface area contributed by atoms with Gasteiger partial charge < -0.3 is 11.1 Å². The molecule has 3 aromatic rings. The molecule has 174 valence electrons. The van der Waals surface area contributed by atoms with Gasteiger partial charge in [0.2, 0.25) is 0 Å². The van der Waals surface area contributed by atoms with E-state index >= 15 is 0 Å². The zero-order valence-electron chi connectivity index (χ0n) is 19.2. The fourth-order valence-corrected chi connectivity index (χ4v) is 4.86. The van der Waals surface area contributed by atoms with E-state index in [1.807, 2.05) is 24.3 Å². The van der Waals surface area contributed by atoms with Crippen LogP contribution in [0.2, 0.25) is 5.02 Å². The van der Waals surface area contributed by atoms with Crippen LogP contribution in [0.4, 0.5) is 10.1 Å². The van der Waals surface area contributed by atoms with Gasteiger partial charge in [-0.05, 0) is 91.2 Å². The van der Waals surface area contributed by atoms with Crippen LogP contribution in [0.5, 0.6) is 0 Å². The first-order valence-corrected chi connectivity index (χ1v) is 11.9. The van der Waals surface area contributed by atoms with Crippen LogP contribution in [0.15, 0.2) is 65.7 Å². The van der Waals surface area contributed by atoms with Crippen molar-refractivity contribution < 1.29 is 4.39 Å². The number of nitrogens with zero attached hydrogens (tertiary/aromatic N) is 2. The second kappa shape index (κ2) is 10.4. The Morgan fingerprint density at radius 1 is 1.12 bits per heavy atom. The maximum Gasteiger partial charge on any atom is 0.142 e. The Bertz CT molecular complexity index is 1240. The summed E-state index contributed by atoms with van der Waals surface area (Å²) < 4.78 is 13.7. The van der Waals surface area contributed by atoms with Crippen molar-refractivity contribution in [3.8, 4) is 17.2 Å². The SMILES string of the molecule is Cc1cc(F)c(Cl)cc1N=C(N)CCC1(c2ccc(-c3cccc(C#N)c3)cc2)CCNCC1. The van der Waals surface area contributed by atoms with Crippen molar-refractivity contribution in [3.05, 3.63) is 88.2 Å². The maximum atomic E-state index is 13.7. The summed E-state index contributed by atoms with van der Waals surface area (Å²) in [5.41, 5.74) is 11.7. The molecule has 1 aliphatic rings. The van der Waals surface area contributed by atoms with Crippen LogP contribution in [-0.4, -0.2) is 18.9 Å². The van der Waals surface area contributed by atoms with Gasteiger partial charge in [0.15, 0.2) is 0 Å². The molecular formula is C28H28ClFN4. The Morgan fingerprint density at radius 3 is 2.56 bits per heavy atom. The van der Waals surface area contributed by atoms with E-state index in [4.69, 9.17) is 17.3 Å². The van der Waals surface area contributed by atoms with Crippen LogP contribution < -0.4 is 11.1 Å². The van der Waals surface area contributed by atoms with E-state index in [0.29, 0.717) is 29.1 Å². The highest BCUT2D eigenvalue weighted by Gasteiger charge is 2.33. The molecule has 1 heterocycles. The maximum absolute atomic E-state index is 13.7. The zero-order valence-corrected chi connectivity index (χ0v) is 20.0. The summed E-state index contributed by atoms with van der Waals surface area (Å²) in [5, 5.41) is 12.7. The lowest BCUT2D eigenvalue weighted by Gasteiger charge is -2.38. The summed E-state index contributed by atoms with van der Waals surface area (Å²) in [7, 11) is 0. The third-order valence-corrected chi connectivity index (χ3v) is 7.04. The summed E-state index contributed by atoms with van der Waals surface area (Å²) in [6, 6.07) is 21.5. The van der Waals surface area contributed by atoms with Gasteiger partial charge in [-0.1, -0.05) is 48.0 Å². The predicted molar refractivity (Wildman–Crippen MR) is 137 cm³/mol. The molecule has 4 nitrogen and oxygen atoms in total. The summed E-state index contributed by atoms with van der Waals surface area (Å²) in [5.74, 6) is 0.0711. The molecule has 0 unspecified atom stereocenters. The number of halogens is 2. The first kappa shape index (κ1) is 23.9. The molecule has 34 heavy (non-hydrogen) atoms. The molecule has 0 aliphatic carbocycles. The Hall–Kier alpha value is -3.20. The van der Waals surface area contributed by atoms with Crippen LogP contribution in [0.3, 0.4) is 0 Å². The van der Waals surface area contributed by atoms with E-state index in [9.17, 15) is 9.65 Å². The fourth-order valence-electron chi connectivity index (χ4n) is 4.71. The molecule has 1 fully saturated rings. The third kappa shape index (κ3) is 5.30. The van der Waals surface area contributed by atoms with Crippen molar-refractivity contribution >= 4 is 23.1 Å². The lowest BCUT2D eigenvalue weighted by molar-refractivity contribution is 0.291. The van der Waals surface area contributed by atoms with Gasteiger partial charge in [-0.15, -0.1) is 0 Å². The number of rotatable bonds is 6. The predicted octanol–water partition coefficient (Wildman–Crippen LogP) is 6.42. The standard InChI is InChI=1S/C28H28ClFN4/c1-19-15-25(30)24(29)17-26(19)34-27(32)9-10-28(11-13-33-14-12-28)23-7-5-21(6-8-23)22-4-2-3-20(16-22)18-31/h2-8,15-17,33H,9-14H2,1H3,(H2,32,34). The molecule has 0 spiro atoms. The normalized spacial score (nSPS) is 15.6. The molecule has 0 bridgehead atoms. The minimum atomic E-state index is -0.451. The zero-order chi connectivity index (χ0) is 24.1. The molecule has 0 aromatic heterocycles. The van der Waals surface area contributed by atoms with Crippen molar-refractivity contribution in [1.82, 2.24) is 5.32 Å². The molecule has 0 atom stereocenters. The van der Waals surface area contributed by atoms with Gasteiger partial charge in [0, 0.05) is 6.42 Å². The lowest BCUT2D eigenvalue weighted by atomic mass is 9.70. The van der Waals surface area contributed by atoms with Gasteiger partial charge >= 0.3 is 0 Å². The summed E-state index contributed by atoms with van der Waals surface area (Å²) in [4.78, 5) is 4.54. The van der Waals surface area contributed by atoms with Gasteiger partial charge in [-0.25, -0.2) is 9.38 Å². The topological polar surface area (TPSA) is 74.2 Å². The fraction of sp³-hybridized carbons (Fsp3) is 0.286. The van der Waals surface area contributed by atoms with Crippen molar-refractivity contribution in [2.75, 3.05) is 13.1 Å². The Morgan fingerprint density at radius 2 is 1.85 bits per heavy atom. The average molecular weight is 475 g/mol. The Labute approximate surface area is 205 Å². The van der Waals surface area contributed by atoms with Crippen molar-refractivity contribution in [2.24, 2.45) is 10.7 Å². The van der Waals surface area contributed by atoms with E-state index in [-0.39, 0.29) is 10.4 Å². The minimum absolute atomic E-state index is 0.00785. The van der Waals surface area contributed by atoms with E-state index in [0.717, 1.165) is 43.5 Å². The number of nitriles is 1. The molecule has 4 rings (SSSR count). The van der Waals surface area contributed by atoms with Crippen LogP contribution in [0.25, 0.3) is 11.1 Å². The van der Waals surface area contributed by atoms with E-state index in [2.05, 4.69) is 40.6 Å². The van der Waals surface area contributed by atoms with Crippen LogP contribution in [-0.2, 0) is 5.41 Å². The largest absolute Gasteiger partial charge is 0.387 e. The quantitative estimate of drug-likeness (QED) is 0.320. The number of aryl methyl sites for hydroxylation is 1. The van der Waals surface area contributed by atoms with E-state index < -0.39 is 5.82 Å². The molecular weight excluding hydrogens is 447 g/mol. The van der Waals surface area contributed by atoms with Crippen LogP contribution >= 0.6 is 11.6 Å². The molecule has 0 amide bonds.